The maximum absolute atomic E-state index is 13.5. The van der Waals surface area contributed by atoms with Gasteiger partial charge in [0.1, 0.15) is 5.82 Å². The number of rotatable bonds is 4. The summed E-state index contributed by atoms with van der Waals surface area (Å²) in [5, 5.41) is 3.36. The summed E-state index contributed by atoms with van der Waals surface area (Å²) in [5.74, 6) is -0.151. The third-order valence-electron chi connectivity index (χ3n) is 3.21. The van der Waals surface area contributed by atoms with Crippen LogP contribution in [-0.2, 0) is 6.54 Å². The molecule has 0 bridgehead atoms. The van der Waals surface area contributed by atoms with Crippen LogP contribution in [0.3, 0.4) is 0 Å². The van der Waals surface area contributed by atoms with Crippen LogP contribution in [0.1, 0.15) is 29.7 Å². The molecule has 0 radical (unpaired) electrons. The normalized spacial score (nSPS) is 12.4. The minimum atomic E-state index is -0.151. The topological polar surface area (TPSA) is 12.0 Å². The van der Waals surface area contributed by atoms with Crippen LogP contribution in [0.15, 0.2) is 48.5 Å². The van der Waals surface area contributed by atoms with E-state index in [1.54, 1.807) is 6.07 Å². The van der Waals surface area contributed by atoms with Crippen molar-refractivity contribution in [3.05, 3.63) is 71.0 Å². The second-order valence-electron chi connectivity index (χ2n) is 4.55. The number of halogens is 1. The Morgan fingerprint density at radius 2 is 1.72 bits per heavy atom. The third-order valence-corrected chi connectivity index (χ3v) is 3.21. The minimum Gasteiger partial charge on any atom is -0.306 e. The molecule has 1 unspecified atom stereocenters. The molecular weight excluding hydrogens is 225 g/mol. The van der Waals surface area contributed by atoms with Gasteiger partial charge < -0.3 is 5.32 Å². The molecule has 0 saturated heterocycles. The van der Waals surface area contributed by atoms with Crippen molar-refractivity contribution < 1.29 is 4.39 Å². The molecule has 0 aliphatic carbocycles. The molecule has 0 aliphatic heterocycles. The average molecular weight is 243 g/mol. The van der Waals surface area contributed by atoms with E-state index in [9.17, 15) is 4.39 Å². The smallest absolute Gasteiger partial charge is 0.127 e. The highest BCUT2D eigenvalue weighted by atomic mass is 19.1. The molecule has 1 nitrogen and oxygen atoms in total. The number of benzene rings is 2. The summed E-state index contributed by atoms with van der Waals surface area (Å²) in [6, 6.07) is 15.4. The van der Waals surface area contributed by atoms with Crippen molar-refractivity contribution in [2.45, 2.75) is 26.4 Å². The summed E-state index contributed by atoms with van der Waals surface area (Å²) in [6.45, 7) is 4.74. The first-order valence-electron chi connectivity index (χ1n) is 6.21. The van der Waals surface area contributed by atoms with Gasteiger partial charge in [-0.15, -0.1) is 0 Å². The summed E-state index contributed by atoms with van der Waals surface area (Å²) < 4.78 is 13.5. The van der Waals surface area contributed by atoms with Gasteiger partial charge in [-0.3, -0.25) is 0 Å². The van der Waals surface area contributed by atoms with E-state index >= 15 is 0 Å². The van der Waals surface area contributed by atoms with E-state index in [-0.39, 0.29) is 11.9 Å². The van der Waals surface area contributed by atoms with E-state index in [1.807, 2.05) is 24.3 Å². The number of hydrogen-bond donors (Lipinski definition) is 1. The second-order valence-corrected chi connectivity index (χ2v) is 4.55. The monoisotopic (exact) mass is 243 g/mol. The van der Waals surface area contributed by atoms with E-state index in [1.165, 1.54) is 17.2 Å². The third kappa shape index (κ3) is 2.96. The van der Waals surface area contributed by atoms with Gasteiger partial charge in [-0.25, -0.2) is 4.39 Å². The molecule has 0 heterocycles. The lowest BCUT2D eigenvalue weighted by Gasteiger charge is -2.16. The zero-order chi connectivity index (χ0) is 13.0. The SMILES string of the molecule is Cc1ccccc1C(C)NCc1ccccc1F. The van der Waals surface area contributed by atoms with Crippen LogP contribution in [0.5, 0.6) is 0 Å². The summed E-state index contributed by atoms with van der Waals surface area (Å²) in [4.78, 5) is 0. The van der Waals surface area contributed by atoms with Crippen molar-refractivity contribution in [3.8, 4) is 0 Å². The summed E-state index contributed by atoms with van der Waals surface area (Å²) in [7, 11) is 0. The van der Waals surface area contributed by atoms with Crippen molar-refractivity contribution in [2.75, 3.05) is 0 Å². The largest absolute Gasteiger partial charge is 0.306 e. The van der Waals surface area contributed by atoms with Crippen LogP contribution >= 0.6 is 0 Å². The van der Waals surface area contributed by atoms with Gasteiger partial charge >= 0.3 is 0 Å². The number of hydrogen-bond acceptors (Lipinski definition) is 1. The fraction of sp³-hybridized carbons (Fsp3) is 0.250. The van der Waals surface area contributed by atoms with E-state index in [2.05, 4.69) is 31.3 Å². The van der Waals surface area contributed by atoms with Crippen LogP contribution in [0.4, 0.5) is 4.39 Å². The molecule has 0 spiro atoms. The zero-order valence-corrected chi connectivity index (χ0v) is 10.8. The predicted octanol–water partition coefficient (Wildman–Crippen LogP) is 3.98. The molecule has 2 aromatic rings. The van der Waals surface area contributed by atoms with E-state index in [4.69, 9.17) is 0 Å². The molecule has 2 heteroatoms. The highest BCUT2D eigenvalue weighted by Crippen LogP contribution is 2.17. The highest BCUT2D eigenvalue weighted by molar-refractivity contribution is 5.28. The lowest BCUT2D eigenvalue weighted by atomic mass is 10.0. The Morgan fingerprint density at radius 3 is 2.44 bits per heavy atom. The van der Waals surface area contributed by atoms with Gasteiger partial charge in [0, 0.05) is 18.2 Å². The first-order valence-corrected chi connectivity index (χ1v) is 6.21. The molecule has 18 heavy (non-hydrogen) atoms. The molecule has 1 atom stereocenters. The first-order chi connectivity index (χ1) is 8.68. The Kier molecular flexibility index (Phi) is 4.11. The molecule has 0 aliphatic rings. The van der Waals surface area contributed by atoms with Gasteiger partial charge in [0.25, 0.3) is 0 Å². The van der Waals surface area contributed by atoms with E-state index < -0.39 is 0 Å². The van der Waals surface area contributed by atoms with Crippen LogP contribution < -0.4 is 5.32 Å². The van der Waals surface area contributed by atoms with Crippen LogP contribution in [0.2, 0.25) is 0 Å². The molecular formula is C16H18FN. The summed E-state index contributed by atoms with van der Waals surface area (Å²) in [6.07, 6.45) is 0. The maximum atomic E-state index is 13.5. The summed E-state index contributed by atoms with van der Waals surface area (Å²) >= 11 is 0. The minimum absolute atomic E-state index is 0.151. The van der Waals surface area contributed by atoms with Crippen molar-refractivity contribution >= 4 is 0 Å². The molecule has 0 amide bonds. The van der Waals surface area contributed by atoms with Gasteiger partial charge in [0.05, 0.1) is 0 Å². The average Bonchev–Trinajstić information content (AvgIpc) is 2.38. The summed E-state index contributed by atoms with van der Waals surface area (Å²) in [5.41, 5.74) is 3.22. The first kappa shape index (κ1) is 12.8. The Morgan fingerprint density at radius 1 is 1.06 bits per heavy atom. The molecule has 0 saturated carbocycles. The van der Waals surface area contributed by atoms with Crippen molar-refractivity contribution in [1.82, 2.24) is 5.32 Å². The van der Waals surface area contributed by atoms with Crippen molar-refractivity contribution in [3.63, 3.8) is 0 Å². The zero-order valence-electron chi connectivity index (χ0n) is 10.8. The molecule has 2 aromatic carbocycles. The van der Waals surface area contributed by atoms with Gasteiger partial charge in [-0.05, 0) is 31.0 Å². The van der Waals surface area contributed by atoms with E-state index in [0.717, 1.165) is 0 Å². The highest BCUT2D eigenvalue weighted by Gasteiger charge is 2.08. The Labute approximate surface area is 108 Å². The van der Waals surface area contributed by atoms with Crippen LogP contribution in [-0.4, -0.2) is 0 Å². The fourth-order valence-corrected chi connectivity index (χ4v) is 2.09. The van der Waals surface area contributed by atoms with Gasteiger partial charge in [0.15, 0.2) is 0 Å². The van der Waals surface area contributed by atoms with Gasteiger partial charge in [-0.2, -0.15) is 0 Å². The fourth-order valence-electron chi connectivity index (χ4n) is 2.09. The quantitative estimate of drug-likeness (QED) is 0.856. The van der Waals surface area contributed by atoms with Crippen LogP contribution in [0, 0.1) is 12.7 Å². The lowest BCUT2D eigenvalue weighted by molar-refractivity contribution is 0.543. The lowest BCUT2D eigenvalue weighted by Crippen LogP contribution is -2.19. The maximum Gasteiger partial charge on any atom is 0.127 e. The van der Waals surface area contributed by atoms with Crippen molar-refractivity contribution in [2.24, 2.45) is 0 Å². The predicted molar refractivity (Wildman–Crippen MR) is 72.8 cm³/mol. The Balaban J connectivity index is 2.03. The van der Waals surface area contributed by atoms with E-state index in [0.29, 0.717) is 12.1 Å². The van der Waals surface area contributed by atoms with Gasteiger partial charge in [0.2, 0.25) is 0 Å². The second kappa shape index (κ2) is 5.78. The van der Waals surface area contributed by atoms with Crippen LogP contribution in [0.25, 0.3) is 0 Å². The Bertz CT molecular complexity index is 522. The molecule has 1 N–H and O–H groups in total. The Hall–Kier alpha value is -1.67. The molecule has 0 fully saturated rings. The standard InChI is InChI=1S/C16H18FN/c1-12-7-3-5-9-15(12)13(2)18-11-14-8-4-6-10-16(14)17/h3-10,13,18H,11H2,1-2H3. The van der Waals surface area contributed by atoms with Gasteiger partial charge in [-0.1, -0.05) is 42.5 Å². The number of aryl methyl sites for hydroxylation is 1. The molecule has 2 rings (SSSR count). The van der Waals surface area contributed by atoms with Crippen molar-refractivity contribution in [1.29, 1.82) is 0 Å². The molecule has 94 valence electrons. The molecule has 0 aromatic heterocycles. The number of nitrogens with one attached hydrogen (secondary N) is 1.